The van der Waals surface area contributed by atoms with Crippen LogP contribution in [0.1, 0.15) is 12.3 Å². The van der Waals surface area contributed by atoms with Crippen LogP contribution in [0.2, 0.25) is 0 Å². The van der Waals surface area contributed by atoms with E-state index in [0.29, 0.717) is 29.3 Å². The van der Waals surface area contributed by atoms with Gasteiger partial charge in [-0.2, -0.15) is 0 Å². The molecule has 2 aromatic heterocycles. The number of oxazole rings is 1. The molecule has 0 spiro atoms. The minimum Gasteiger partial charge on any atom is -0.441 e. The Kier molecular flexibility index (Phi) is 4.42. The molecular formula is C17H14FN3O2. The lowest BCUT2D eigenvalue weighted by Crippen LogP contribution is -2.12. The van der Waals surface area contributed by atoms with Crippen LogP contribution in [-0.4, -0.2) is 15.9 Å². The maximum absolute atomic E-state index is 13.7. The molecule has 0 fully saturated rings. The standard InChI is InChI=1S/C17H14FN3O2/c18-14-6-2-1-5-13(14)15-11-20-17(23-15)8-7-16(22)21-12-4-3-9-19-10-12/h1-6,9-11H,7-8H2,(H,21,22). The van der Waals surface area contributed by atoms with Crippen molar-refractivity contribution in [2.24, 2.45) is 0 Å². The van der Waals surface area contributed by atoms with E-state index in [2.05, 4.69) is 15.3 Å². The second kappa shape index (κ2) is 6.83. The summed E-state index contributed by atoms with van der Waals surface area (Å²) < 4.78 is 19.2. The molecule has 3 rings (SSSR count). The van der Waals surface area contributed by atoms with Crippen LogP contribution in [0.5, 0.6) is 0 Å². The van der Waals surface area contributed by atoms with Crippen LogP contribution in [0.15, 0.2) is 59.4 Å². The van der Waals surface area contributed by atoms with Crippen molar-refractivity contribution in [3.63, 3.8) is 0 Å². The predicted octanol–water partition coefficient (Wildman–Crippen LogP) is 3.45. The third-order valence-corrected chi connectivity index (χ3v) is 3.20. The van der Waals surface area contributed by atoms with Gasteiger partial charge in [0.05, 0.1) is 23.6 Å². The average Bonchev–Trinajstić information content (AvgIpc) is 3.03. The highest BCUT2D eigenvalue weighted by atomic mass is 19.1. The molecule has 0 bridgehead atoms. The van der Waals surface area contributed by atoms with Gasteiger partial charge in [-0.3, -0.25) is 9.78 Å². The zero-order valence-corrected chi connectivity index (χ0v) is 12.2. The predicted molar refractivity (Wildman–Crippen MR) is 83.1 cm³/mol. The summed E-state index contributed by atoms with van der Waals surface area (Å²) in [5.41, 5.74) is 0.989. The Bertz CT molecular complexity index is 802. The molecule has 1 aromatic carbocycles. The molecule has 0 unspecified atom stereocenters. The molecule has 1 N–H and O–H groups in total. The molecule has 1 amide bonds. The molecule has 0 saturated heterocycles. The molecule has 0 aliphatic carbocycles. The van der Waals surface area contributed by atoms with E-state index in [1.54, 1.807) is 42.7 Å². The first-order chi connectivity index (χ1) is 11.2. The van der Waals surface area contributed by atoms with Gasteiger partial charge >= 0.3 is 0 Å². The maximum Gasteiger partial charge on any atom is 0.224 e. The van der Waals surface area contributed by atoms with Crippen molar-refractivity contribution in [3.8, 4) is 11.3 Å². The summed E-state index contributed by atoms with van der Waals surface area (Å²) in [6, 6.07) is 9.81. The van der Waals surface area contributed by atoms with Gasteiger partial charge in [0, 0.05) is 19.0 Å². The van der Waals surface area contributed by atoms with Crippen molar-refractivity contribution in [1.82, 2.24) is 9.97 Å². The number of carbonyl (C=O) groups is 1. The normalized spacial score (nSPS) is 10.5. The van der Waals surface area contributed by atoms with Crippen LogP contribution >= 0.6 is 0 Å². The number of pyridine rings is 1. The van der Waals surface area contributed by atoms with Crippen LogP contribution in [0.25, 0.3) is 11.3 Å². The largest absolute Gasteiger partial charge is 0.441 e. The number of hydrogen-bond acceptors (Lipinski definition) is 4. The highest BCUT2D eigenvalue weighted by Gasteiger charge is 2.11. The van der Waals surface area contributed by atoms with E-state index in [4.69, 9.17) is 4.42 Å². The van der Waals surface area contributed by atoms with Gasteiger partial charge in [-0.05, 0) is 24.3 Å². The molecule has 23 heavy (non-hydrogen) atoms. The molecule has 3 aromatic rings. The minimum absolute atomic E-state index is 0.163. The summed E-state index contributed by atoms with van der Waals surface area (Å²) in [6.07, 6.45) is 5.21. The number of hydrogen-bond donors (Lipinski definition) is 1. The number of nitrogens with one attached hydrogen (secondary N) is 1. The van der Waals surface area contributed by atoms with Crippen molar-refractivity contribution in [1.29, 1.82) is 0 Å². The van der Waals surface area contributed by atoms with E-state index in [9.17, 15) is 9.18 Å². The van der Waals surface area contributed by atoms with Crippen LogP contribution < -0.4 is 5.32 Å². The second-order valence-electron chi connectivity index (χ2n) is 4.89. The molecule has 0 aliphatic rings. The fourth-order valence-electron chi connectivity index (χ4n) is 2.09. The van der Waals surface area contributed by atoms with E-state index in [1.165, 1.54) is 12.3 Å². The number of nitrogens with zero attached hydrogens (tertiary/aromatic N) is 2. The Hall–Kier alpha value is -3.02. The molecule has 0 radical (unpaired) electrons. The topological polar surface area (TPSA) is 68.0 Å². The van der Waals surface area contributed by atoms with Gasteiger partial charge < -0.3 is 9.73 Å². The number of anilines is 1. The number of carbonyl (C=O) groups excluding carboxylic acids is 1. The van der Waals surface area contributed by atoms with Gasteiger partial charge in [-0.1, -0.05) is 12.1 Å². The highest BCUT2D eigenvalue weighted by molar-refractivity contribution is 5.90. The van der Waals surface area contributed by atoms with E-state index in [-0.39, 0.29) is 18.1 Å². The Morgan fingerprint density at radius 1 is 1.17 bits per heavy atom. The lowest BCUT2D eigenvalue weighted by Gasteiger charge is -2.03. The molecule has 0 aliphatic heterocycles. The smallest absolute Gasteiger partial charge is 0.224 e. The zero-order chi connectivity index (χ0) is 16.1. The van der Waals surface area contributed by atoms with Gasteiger partial charge in [-0.15, -0.1) is 0 Å². The first-order valence-electron chi connectivity index (χ1n) is 7.12. The zero-order valence-electron chi connectivity index (χ0n) is 12.2. The fourth-order valence-corrected chi connectivity index (χ4v) is 2.09. The van der Waals surface area contributed by atoms with Crippen LogP contribution in [0.4, 0.5) is 10.1 Å². The first kappa shape index (κ1) is 14.9. The molecule has 5 nitrogen and oxygen atoms in total. The van der Waals surface area contributed by atoms with Crippen LogP contribution in [0, 0.1) is 5.82 Å². The molecule has 0 atom stereocenters. The molecule has 6 heteroatoms. The number of amides is 1. The van der Waals surface area contributed by atoms with Crippen LogP contribution in [-0.2, 0) is 11.2 Å². The van der Waals surface area contributed by atoms with Crippen molar-refractivity contribution >= 4 is 11.6 Å². The summed E-state index contributed by atoms with van der Waals surface area (Å²) in [7, 11) is 0. The summed E-state index contributed by atoms with van der Waals surface area (Å²) >= 11 is 0. The van der Waals surface area contributed by atoms with Crippen LogP contribution in [0.3, 0.4) is 0 Å². The third-order valence-electron chi connectivity index (χ3n) is 3.20. The quantitative estimate of drug-likeness (QED) is 0.783. The third kappa shape index (κ3) is 3.79. The Morgan fingerprint density at radius 2 is 2.04 bits per heavy atom. The lowest BCUT2D eigenvalue weighted by atomic mass is 10.2. The number of benzene rings is 1. The van der Waals surface area contributed by atoms with E-state index in [0.717, 1.165) is 0 Å². The maximum atomic E-state index is 13.7. The fraction of sp³-hybridized carbons (Fsp3) is 0.118. The molecule has 116 valence electrons. The first-order valence-corrected chi connectivity index (χ1v) is 7.12. The van der Waals surface area contributed by atoms with Gasteiger partial charge in [0.2, 0.25) is 5.91 Å². The number of halogens is 1. The highest BCUT2D eigenvalue weighted by Crippen LogP contribution is 2.23. The lowest BCUT2D eigenvalue weighted by molar-refractivity contribution is -0.116. The van der Waals surface area contributed by atoms with Crippen molar-refractivity contribution < 1.29 is 13.6 Å². The van der Waals surface area contributed by atoms with Gasteiger partial charge in [0.15, 0.2) is 11.7 Å². The SMILES string of the molecule is O=C(CCc1ncc(-c2ccccc2F)o1)Nc1cccnc1. The minimum atomic E-state index is -0.371. The summed E-state index contributed by atoms with van der Waals surface area (Å²) in [6.45, 7) is 0. The summed E-state index contributed by atoms with van der Waals surface area (Å²) in [5, 5.41) is 2.73. The van der Waals surface area contributed by atoms with Crippen molar-refractivity contribution in [3.05, 3.63) is 66.7 Å². The molecule has 0 saturated carbocycles. The molecular weight excluding hydrogens is 297 g/mol. The Balaban J connectivity index is 1.59. The number of rotatable bonds is 5. The van der Waals surface area contributed by atoms with Crippen molar-refractivity contribution in [2.75, 3.05) is 5.32 Å². The Morgan fingerprint density at radius 3 is 2.83 bits per heavy atom. The van der Waals surface area contributed by atoms with Gasteiger partial charge in [-0.25, -0.2) is 9.37 Å². The second-order valence-corrected chi connectivity index (χ2v) is 4.89. The van der Waals surface area contributed by atoms with Gasteiger partial charge in [0.1, 0.15) is 5.82 Å². The molecule has 2 heterocycles. The van der Waals surface area contributed by atoms with Gasteiger partial charge in [0.25, 0.3) is 0 Å². The van der Waals surface area contributed by atoms with E-state index >= 15 is 0 Å². The summed E-state index contributed by atoms with van der Waals surface area (Å²) in [4.78, 5) is 19.9. The average molecular weight is 311 g/mol. The number of aromatic nitrogens is 2. The Labute approximate surface area is 132 Å². The van der Waals surface area contributed by atoms with E-state index in [1.807, 2.05) is 0 Å². The summed E-state index contributed by atoms with van der Waals surface area (Å²) in [5.74, 6) is 0.212. The van der Waals surface area contributed by atoms with E-state index < -0.39 is 0 Å². The van der Waals surface area contributed by atoms with Crippen molar-refractivity contribution in [2.45, 2.75) is 12.8 Å². The number of aryl methyl sites for hydroxylation is 1. The monoisotopic (exact) mass is 311 g/mol.